The molecule has 64 valence electrons. The lowest BCUT2D eigenvalue weighted by Gasteiger charge is -2.38. The van der Waals surface area contributed by atoms with Crippen LogP contribution in [0.1, 0.15) is 26.7 Å². The van der Waals surface area contributed by atoms with Crippen LogP contribution in [-0.2, 0) is 4.43 Å². The average molecular weight is 172 g/mol. The summed E-state index contributed by atoms with van der Waals surface area (Å²) >= 11 is 0. The topological polar surface area (TPSA) is 29.5 Å². The van der Waals surface area contributed by atoms with Gasteiger partial charge in [0.25, 0.3) is 0 Å². The maximum absolute atomic E-state index is 9.81. The van der Waals surface area contributed by atoms with Gasteiger partial charge < -0.3 is 9.22 Å². The minimum absolute atomic E-state index is 0.145. The highest BCUT2D eigenvalue weighted by molar-refractivity contribution is 6.71. The zero-order chi connectivity index (χ0) is 8.54. The number of hydrogen-bond donors (Lipinski definition) is 1. The van der Waals surface area contributed by atoms with Gasteiger partial charge in [-0.05, 0) is 38.4 Å². The maximum Gasteiger partial charge on any atom is 0.362 e. The van der Waals surface area contributed by atoms with Crippen molar-refractivity contribution < 1.29 is 9.22 Å². The molecular formula is C8H16O2Si. The van der Waals surface area contributed by atoms with Crippen LogP contribution in [0.25, 0.3) is 0 Å². The van der Waals surface area contributed by atoms with E-state index in [2.05, 4.69) is 6.58 Å². The highest BCUT2D eigenvalue weighted by atomic mass is 28.4. The fraction of sp³-hybridized carbons (Fsp3) is 0.750. The Bertz CT molecular complexity index is 167. The van der Waals surface area contributed by atoms with Crippen molar-refractivity contribution in [3.05, 3.63) is 12.3 Å². The maximum atomic E-state index is 9.81. The van der Waals surface area contributed by atoms with Gasteiger partial charge in [-0.3, -0.25) is 0 Å². The van der Waals surface area contributed by atoms with Crippen molar-refractivity contribution in [2.75, 3.05) is 0 Å². The molecule has 2 nitrogen and oxygen atoms in total. The summed E-state index contributed by atoms with van der Waals surface area (Å²) in [5.41, 5.74) is 1.47. The SMILES string of the molecule is C=C[Si]1(O)CCCC(C)(C)O1. The third-order valence-electron chi connectivity index (χ3n) is 2.09. The molecule has 1 unspecified atom stereocenters. The average Bonchev–Trinajstić information content (AvgIpc) is 1.85. The normalized spacial score (nSPS) is 36.6. The first-order valence-electron chi connectivity index (χ1n) is 4.04. The molecule has 3 heteroatoms. The Balaban J connectivity index is 2.66. The van der Waals surface area contributed by atoms with E-state index in [1.807, 2.05) is 13.8 Å². The van der Waals surface area contributed by atoms with Crippen molar-refractivity contribution in [2.24, 2.45) is 0 Å². The summed E-state index contributed by atoms with van der Waals surface area (Å²) in [5.74, 6) is 0. The third kappa shape index (κ3) is 2.15. The van der Waals surface area contributed by atoms with Crippen LogP contribution in [0.15, 0.2) is 12.3 Å². The van der Waals surface area contributed by atoms with Crippen LogP contribution >= 0.6 is 0 Å². The van der Waals surface area contributed by atoms with Gasteiger partial charge in [-0.1, -0.05) is 0 Å². The fourth-order valence-corrected chi connectivity index (χ4v) is 3.62. The van der Waals surface area contributed by atoms with Gasteiger partial charge >= 0.3 is 8.56 Å². The second-order valence-corrected chi connectivity index (χ2v) is 6.57. The van der Waals surface area contributed by atoms with E-state index >= 15 is 0 Å². The van der Waals surface area contributed by atoms with Crippen LogP contribution in [0.5, 0.6) is 0 Å². The van der Waals surface area contributed by atoms with E-state index < -0.39 is 8.56 Å². The molecular weight excluding hydrogens is 156 g/mol. The molecule has 0 aromatic carbocycles. The van der Waals surface area contributed by atoms with Gasteiger partial charge in [0.2, 0.25) is 0 Å². The van der Waals surface area contributed by atoms with Gasteiger partial charge in [0, 0.05) is 0 Å². The Morgan fingerprint density at radius 2 is 2.27 bits per heavy atom. The predicted molar refractivity (Wildman–Crippen MR) is 47.4 cm³/mol. The first-order chi connectivity index (χ1) is 4.97. The molecule has 0 bridgehead atoms. The van der Waals surface area contributed by atoms with Crippen LogP contribution in [-0.4, -0.2) is 19.0 Å². The van der Waals surface area contributed by atoms with Crippen molar-refractivity contribution >= 4 is 8.56 Å². The zero-order valence-electron chi connectivity index (χ0n) is 7.26. The lowest BCUT2D eigenvalue weighted by atomic mass is 10.0. The van der Waals surface area contributed by atoms with E-state index in [4.69, 9.17) is 4.43 Å². The van der Waals surface area contributed by atoms with Crippen LogP contribution < -0.4 is 0 Å². The molecule has 1 rings (SSSR count). The zero-order valence-corrected chi connectivity index (χ0v) is 8.26. The summed E-state index contributed by atoms with van der Waals surface area (Å²) in [6, 6.07) is 0.805. The van der Waals surface area contributed by atoms with Gasteiger partial charge in [0.1, 0.15) is 0 Å². The molecule has 11 heavy (non-hydrogen) atoms. The summed E-state index contributed by atoms with van der Waals surface area (Å²) in [4.78, 5) is 9.81. The summed E-state index contributed by atoms with van der Waals surface area (Å²) in [5, 5.41) is 0. The summed E-state index contributed by atoms with van der Waals surface area (Å²) < 4.78 is 5.59. The van der Waals surface area contributed by atoms with Crippen LogP contribution in [0, 0.1) is 0 Å². The van der Waals surface area contributed by atoms with Gasteiger partial charge in [0.05, 0.1) is 5.60 Å². The molecule has 0 spiro atoms. The van der Waals surface area contributed by atoms with Crippen LogP contribution in [0.3, 0.4) is 0 Å². The van der Waals surface area contributed by atoms with Crippen molar-refractivity contribution in [3.8, 4) is 0 Å². The highest BCUT2D eigenvalue weighted by Crippen LogP contribution is 2.31. The first-order valence-corrected chi connectivity index (χ1v) is 6.18. The molecule has 1 aliphatic rings. The van der Waals surface area contributed by atoms with E-state index in [0.29, 0.717) is 0 Å². The Labute approximate surface area is 69.1 Å². The fourth-order valence-electron chi connectivity index (χ4n) is 1.49. The molecule has 1 saturated heterocycles. The summed E-state index contributed by atoms with van der Waals surface area (Å²) in [6.45, 7) is 7.65. The van der Waals surface area contributed by atoms with Crippen molar-refractivity contribution in [1.29, 1.82) is 0 Å². The van der Waals surface area contributed by atoms with E-state index in [1.54, 1.807) is 5.70 Å². The molecule has 0 aromatic heterocycles. The molecule has 0 aromatic rings. The highest BCUT2D eigenvalue weighted by Gasteiger charge is 2.40. The predicted octanol–water partition coefficient (Wildman–Crippen LogP) is 1.74. The molecule has 1 fully saturated rings. The van der Waals surface area contributed by atoms with Gasteiger partial charge in [-0.2, -0.15) is 0 Å². The third-order valence-corrected chi connectivity index (χ3v) is 4.70. The van der Waals surface area contributed by atoms with Crippen molar-refractivity contribution in [2.45, 2.75) is 38.3 Å². The van der Waals surface area contributed by atoms with Gasteiger partial charge in [0.15, 0.2) is 0 Å². The van der Waals surface area contributed by atoms with Gasteiger partial charge in [-0.25, -0.2) is 0 Å². The Morgan fingerprint density at radius 1 is 1.64 bits per heavy atom. The smallest absolute Gasteiger partial charge is 0.362 e. The van der Waals surface area contributed by atoms with E-state index in [-0.39, 0.29) is 5.60 Å². The van der Waals surface area contributed by atoms with Crippen molar-refractivity contribution in [1.82, 2.24) is 0 Å². The van der Waals surface area contributed by atoms with Gasteiger partial charge in [-0.15, -0.1) is 6.58 Å². The Hall–Kier alpha value is -0.123. The quantitative estimate of drug-likeness (QED) is 0.610. The molecule has 0 saturated carbocycles. The second-order valence-electron chi connectivity index (χ2n) is 3.76. The van der Waals surface area contributed by atoms with Crippen LogP contribution in [0.4, 0.5) is 0 Å². The van der Waals surface area contributed by atoms with E-state index in [0.717, 1.165) is 18.9 Å². The molecule has 1 aliphatic heterocycles. The molecule has 0 aliphatic carbocycles. The largest absolute Gasteiger partial charge is 0.408 e. The second kappa shape index (κ2) is 2.73. The monoisotopic (exact) mass is 172 g/mol. The molecule has 0 radical (unpaired) electrons. The van der Waals surface area contributed by atoms with E-state index in [1.165, 1.54) is 0 Å². The van der Waals surface area contributed by atoms with E-state index in [9.17, 15) is 4.80 Å². The summed E-state index contributed by atoms with van der Waals surface area (Å²) in [6.07, 6.45) is 2.10. The van der Waals surface area contributed by atoms with Crippen molar-refractivity contribution in [3.63, 3.8) is 0 Å². The first kappa shape index (κ1) is 8.97. The summed E-state index contributed by atoms with van der Waals surface area (Å²) in [7, 11) is -2.48. The lowest BCUT2D eigenvalue weighted by molar-refractivity contribution is 0.0453. The molecule has 1 heterocycles. The minimum atomic E-state index is -2.48. The molecule has 1 N–H and O–H groups in total. The lowest BCUT2D eigenvalue weighted by Crippen LogP contribution is -2.48. The molecule has 0 amide bonds. The Kier molecular flexibility index (Phi) is 2.23. The number of hydrogen-bond acceptors (Lipinski definition) is 2. The van der Waals surface area contributed by atoms with Crippen LogP contribution in [0.2, 0.25) is 6.04 Å². The standard InChI is InChI=1S/C8H16O2Si/c1-4-11(9)7-5-6-8(2,3)10-11/h4,9H,1,5-7H2,2-3H3. The minimum Gasteiger partial charge on any atom is -0.408 e. The molecule has 1 atom stereocenters. The number of rotatable bonds is 1. The Morgan fingerprint density at radius 3 is 2.64 bits per heavy atom.